The van der Waals surface area contributed by atoms with Crippen LogP contribution in [0.15, 0.2) is 36.8 Å². The Kier molecular flexibility index (Phi) is 4.14. The molecule has 0 unspecified atom stereocenters. The van der Waals surface area contributed by atoms with E-state index in [1.165, 1.54) is 13.3 Å². The number of carbonyl (C=O) groups is 1. The first-order valence-corrected chi connectivity index (χ1v) is 6.04. The summed E-state index contributed by atoms with van der Waals surface area (Å²) < 4.78 is 5.16. The molecule has 0 radical (unpaired) electrons. The molecule has 0 bridgehead atoms. The van der Waals surface area contributed by atoms with Crippen LogP contribution in [0, 0.1) is 0 Å². The second-order valence-electron chi connectivity index (χ2n) is 4.32. The third-order valence-electron chi connectivity index (χ3n) is 2.74. The Hall–Kier alpha value is -2.63. The Labute approximate surface area is 117 Å². The lowest BCUT2D eigenvalue weighted by atomic mass is 10.2. The van der Waals surface area contributed by atoms with Gasteiger partial charge in [0.25, 0.3) is 5.91 Å². The first-order chi connectivity index (χ1) is 9.61. The predicted octanol–water partition coefficient (Wildman–Crippen LogP) is 1.80. The topological polar surface area (TPSA) is 67.3 Å². The Morgan fingerprint density at radius 2 is 2.10 bits per heavy atom. The zero-order valence-corrected chi connectivity index (χ0v) is 11.6. The van der Waals surface area contributed by atoms with Gasteiger partial charge in [0.05, 0.1) is 13.3 Å². The standard InChI is InChI=1S/C14H16N4O2/c1-18(2)10-4-7-16-11(8-10)14(19)17-12-9-15-6-5-13(12)20-3/h4-9H,1-3H3,(H,17,19). The number of nitrogens with one attached hydrogen (secondary N) is 1. The van der Waals surface area contributed by atoms with E-state index in [0.29, 0.717) is 17.1 Å². The highest BCUT2D eigenvalue weighted by atomic mass is 16.5. The van der Waals surface area contributed by atoms with Crippen molar-refractivity contribution in [2.75, 3.05) is 31.4 Å². The molecule has 2 aromatic rings. The molecule has 0 aliphatic heterocycles. The fourth-order valence-electron chi connectivity index (χ4n) is 1.66. The number of anilines is 2. The summed E-state index contributed by atoms with van der Waals surface area (Å²) in [7, 11) is 5.35. The van der Waals surface area contributed by atoms with Crippen molar-refractivity contribution in [3.63, 3.8) is 0 Å². The summed E-state index contributed by atoms with van der Waals surface area (Å²) in [4.78, 5) is 22.1. The normalized spacial score (nSPS) is 9.95. The number of methoxy groups -OCH3 is 1. The minimum Gasteiger partial charge on any atom is -0.494 e. The van der Waals surface area contributed by atoms with Crippen LogP contribution in [0.3, 0.4) is 0 Å². The summed E-state index contributed by atoms with van der Waals surface area (Å²) >= 11 is 0. The number of ether oxygens (including phenoxy) is 1. The molecule has 6 heteroatoms. The SMILES string of the molecule is COc1ccncc1NC(=O)c1cc(N(C)C)ccn1. The second-order valence-corrected chi connectivity index (χ2v) is 4.32. The average Bonchev–Trinajstić information content (AvgIpc) is 2.48. The fourth-order valence-corrected chi connectivity index (χ4v) is 1.66. The molecule has 2 heterocycles. The molecule has 6 nitrogen and oxygen atoms in total. The highest BCUT2D eigenvalue weighted by Gasteiger charge is 2.11. The molecule has 0 aromatic carbocycles. The molecule has 104 valence electrons. The maximum atomic E-state index is 12.2. The molecule has 2 aromatic heterocycles. The molecule has 0 saturated heterocycles. The molecular formula is C14H16N4O2. The van der Waals surface area contributed by atoms with Gasteiger partial charge in [-0.25, -0.2) is 0 Å². The van der Waals surface area contributed by atoms with Crippen LogP contribution in [0.4, 0.5) is 11.4 Å². The van der Waals surface area contributed by atoms with Crippen LogP contribution in [-0.4, -0.2) is 37.1 Å². The van der Waals surface area contributed by atoms with Gasteiger partial charge in [0.2, 0.25) is 0 Å². The van der Waals surface area contributed by atoms with Gasteiger partial charge in [-0.2, -0.15) is 0 Å². The monoisotopic (exact) mass is 272 g/mol. The van der Waals surface area contributed by atoms with Gasteiger partial charge >= 0.3 is 0 Å². The van der Waals surface area contributed by atoms with Crippen LogP contribution >= 0.6 is 0 Å². The lowest BCUT2D eigenvalue weighted by Gasteiger charge is -2.13. The molecule has 0 atom stereocenters. The van der Waals surface area contributed by atoms with E-state index >= 15 is 0 Å². The minimum absolute atomic E-state index is 0.306. The zero-order chi connectivity index (χ0) is 14.5. The molecule has 0 saturated carbocycles. The predicted molar refractivity (Wildman–Crippen MR) is 77.3 cm³/mol. The van der Waals surface area contributed by atoms with E-state index in [0.717, 1.165) is 5.69 Å². The van der Waals surface area contributed by atoms with Crippen LogP contribution in [0.25, 0.3) is 0 Å². The van der Waals surface area contributed by atoms with Crippen molar-refractivity contribution >= 4 is 17.3 Å². The van der Waals surface area contributed by atoms with Crippen LogP contribution in [0.1, 0.15) is 10.5 Å². The molecule has 20 heavy (non-hydrogen) atoms. The molecule has 0 fully saturated rings. The summed E-state index contributed by atoms with van der Waals surface area (Å²) in [5, 5.41) is 2.74. The first kappa shape index (κ1) is 13.8. The van der Waals surface area contributed by atoms with Crippen LogP contribution in [0.2, 0.25) is 0 Å². The lowest BCUT2D eigenvalue weighted by molar-refractivity contribution is 0.102. The Balaban J connectivity index is 2.22. The third-order valence-corrected chi connectivity index (χ3v) is 2.74. The van der Waals surface area contributed by atoms with Crippen molar-refractivity contribution in [3.8, 4) is 5.75 Å². The number of hydrogen-bond donors (Lipinski definition) is 1. The Morgan fingerprint density at radius 3 is 2.80 bits per heavy atom. The van der Waals surface area contributed by atoms with Crippen molar-refractivity contribution in [3.05, 3.63) is 42.5 Å². The Bertz CT molecular complexity index is 614. The average molecular weight is 272 g/mol. The maximum Gasteiger partial charge on any atom is 0.274 e. The number of rotatable bonds is 4. The van der Waals surface area contributed by atoms with Crippen molar-refractivity contribution in [2.24, 2.45) is 0 Å². The van der Waals surface area contributed by atoms with Crippen molar-refractivity contribution in [1.29, 1.82) is 0 Å². The second kappa shape index (κ2) is 6.01. The molecule has 0 aliphatic rings. The molecule has 2 rings (SSSR count). The number of aromatic nitrogens is 2. The largest absolute Gasteiger partial charge is 0.494 e. The van der Waals surface area contributed by atoms with E-state index in [1.807, 2.05) is 25.1 Å². The number of carbonyl (C=O) groups excluding carboxylic acids is 1. The summed E-state index contributed by atoms with van der Waals surface area (Å²) in [6.45, 7) is 0. The summed E-state index contributed by atoms with van der Waals surface area (Å²) in [5.41, 5.74) is 1.75. The quantitative estimate of drug-likeness (QED) is 0.919. The Morgan fingerprint density at radius 1 is 1.30 bits per heavy atom. The first-order valence-electron chi connectivity index (χ1n) is 6.04. The molecule has 0 aliphatic carbocycles. The minimum atomic E-state index is -0.306. The third kappa shape index (κ3) is 3.03. The number of amides is 1. The van der Waals surface area contributed by atoms with E-state index in [9.17, 15) is 4.79 Å². The van der Waals surface area contributed by atoms with E-state index < -0.39 is 0 Å². The highest BCUT2D eigenvalue weighted by molar-refractivity contribution is 6.04. The number of nitrogens with zero attached hydrogens (tertiary/aromatic N) is 3. The number of hydrogen-bond acceptors (Lipinski definition) is 5. The summed E-state index contributed by atoms with van der Waals surface area (Å²) in [6.07, 6.45) is 4.73. The maximum absolute atomic E-state index is 12.2. The summed E-state index contributed by atoms with van der Waals surface area (Å²) in [5.74, 6) is 0.247. The van der Waals surface area contributed by atoms with E-state index in [4.69, 9.17) is 4.74 Å². The van der Waals surface area contributed by atoms with Gasteiger partial charge < -0.3 is 15.0 Å². The lowest BCUT2D eigenvalue weighted by Crippen LogP contribution is -2.16. The van der Waals surface area contributed by atoms with E-state index in [1.54, 1.807) is 24.5 Å². The van der Waals surface area contributed by atoms with Crippen LogP contribution < -0.4 is 15.0 Å². The summed E-state index contributed by atoms with van der Waals surface area (Å²) in [6, 6.07) is 5.24. The van der Waals surface area contributed by atoms with Crippen molar-refractivity contribution < 1.29 is 9.53 Å². The molecule has 0 spiro atoms. The van der Waals surface area contributed by atoms with Crippen molar-refractivity contribution in [2.45, 2.75) is 0 Å². The smallest absolute Gasteiger partial charge is 0.274 e. The van der Waals surface area contributed by atoms with Gasteiger partial charge in [-0.05, 0) is 12.1 Å². The van der Waals surface area contributed by atoms with Gasteiger partial charge in [-0.1, -0.05) is 0 Å². The molecular weight excluding hydrogens is 256 g/mol. The van der Waals surface area contributed by atoms with Crippen molar-refractivity contribution in [1.82, 2.24) is 9.97 Å². The zero-order valence-electron chi connectivity index (χ0n) is 11.6. The van der Waals surface area contributed by atoms with E-state index in [2.05, 4.69) is 15.3 Å². The van der Waals surface area contributed by atoms with Gasteiger partial charge in [-0.15, -0.1) is 0 Å². The van der Waals surface area contributed by atoms with Gasteiger partial charge in [-0.3, -0.25) is 14.8 Å². The number of pyridine rings is 2. The van der Waals surface area contributed by atoms with Gasteiger partial charge in [0.1, 0.15) is 17.1 Å². The van der Waals surface area contributed by atoms with Gasteiger partial charge in [0.15, 0.2) is 0 Å². The highest BCUT2D eigenvalue weighted by Crippen LogP contribution is 2.22. The molecule has 1 amide bonds. The van der Waals surface area contributed by atoms with Crippen LogP contribution in [-0.2, 0) is 0 Å². The van der Waals surface area contributed by atoms with Gasteiger partial charge in [0, 0.05) is 38.2 Å². The fraction of sp³-hybridized carbons (Fsp3) is 0.214. The molecule has 1 N–H and O–H groups in total. The van der Waals surface area contributed by atoms with Crippen LogP contribution in [0.5, 0.6) is 5.75 Å². The van der Waals surface area contributed by atoms with E-state index in [-0.39, 0.29) is 5.91 Å².